The van der Waals surface area contributed by atoms with Gasteiger partial charge in [-0.1, -0.05) is 40.2 Å². The van der Waals surface area contributed by atoms with E-state index in [-0.39, 0.29) is 24.8 Å². The number of benzene rings is 2. The zero-order valence-electron chi connectivity index (χ0n) is 16.7. The largest absolute Gasteiger partial charge is 0.494 e. The molecule has 0 aliphatic carbocycles. The molecule has 9 heteroatoms. The highest BCUT2D eigenvalue weighted by Gasteiger charge is 2.25. The van der Waals surface area contributed by atoms with Crippen LogP contribution in [-0.4, -0.2) is 52.8 Å². The Bertz CT molecular complexity index is 1220. The summed E-state index contributed by atoms with van der Waals surface area (Å²) < 4.78 is 13.7. The highest BCUT2D eigenvalue weighted by atomic mass is 79.9. The first-order valence-corrected chi connectivity index (χ1v) is 10.7. The van der Waals surface area contributed by atoms with Crippen LogP contribution in [0.3, 0.4) is 0 Å². The van der Waals surface area contributed by atoms with E-state index in [0.717, 1.165) is 20.9 Å². The van der Waals surface area contributed by atoms with Crippen molar-refractivity contribution < 1.29 is 19.7 Å². The van der Waals surface area contributed by atoms with E-state index in [2.05, 4.69) is 26.1 Å². The van der Waals surface area contributed by atoms with Gasteiger partial charge in [0.15, 0.2) is 5.88 Å². The zero-order valence-corrected chi connectivity index (χ0v) is 18.3. The van der Waals surface area contributed by atoms with Crippen LogP contribution >= 0.6 is 15.9 Å². The van der Waals surface area contributed by atoms with Gasteiger partial charge in [-0.15, -0.1) is 4.91 Å². The van der Waals surface area contributed by atoms with Gasteiger partial charge in [0.2, 0.25) is 0 Å². The molecule has 4 rings (SSSR count). The lowest BCUT2D eigenvalue weighted by Crippen LogP contribution is -2.11. The molecule has 0 unspecified atom stereocenters. The number of aromatic nitrogens is 2. The molecule has 8 nitrogen and oxygen atoms in total. The van der Waals surface area contributed by atoms with Crippen molar-refractivity contribution in [1.82, 2.24) is 9.55 Å². The lowest BCUT2D eigenvalue weighted by molar-refractivity contribution is 0.0312. The van der Waals surface area contributed by atoms with E-state index in [4.69, 9.17) is 14.6 Å². The maximum atomic E-state index is 11.9. The van der Waals surface area contributed by atoms with Gasteiger partial charge in [0, 0.05) is 21.8 Å². The summed E-state index contributed by atoms with van der Waals surface area (Å²) in [5.74, 6) is -0.0274. The molecule has 0 bridgehead atoms. The van der Waals surface area contributed by atoms with E-state index in [0.29, 0.717) is 43.0 Å². The molecule has 2 aromatic heterocycles. The number of aromatic amines is 1. The Kier molecular flexibility index (Phi) is 6.67. The van der Waals surface area contributed by atoms with Crippen LogP contribution in [0.4, 0.5) is 5.69 Å². The van der Waals surface area contributed by atoms with Crippen LogP contribution in [0.2, 0.25) is 0 Å². The Morgan fingerprint density at radius 3 is 2.58 bits per heavy atom. The van der Waals surface area contributed by atoms with Crippen molar-refractivity contribution in [3.8, 4) is 17.1 Å². The van der Waals surface area contributed by atoms with Gasteiger partial charge in [0.05, 0.1) is 55.3 Å². The van der Waals surface area contributed by atoms with Gasteiger partial charge in [-0.2, -0.15) is 0 Å². The number of nitrogens with zero attached hydrogens (tertiary/aromatic N) is 2. The van der Waals surface area contributed by atoms with Crippen molar-refractivity contribution >= 4 is 43.4 Å². The molecule has 31 heavy (non-hydrogen) atoms. The van der Waals surface area contributed by atoms with Gasteiger partial charge >= 0.3 is 0 Å². The van der Waals surface area contributed by atoms with E-state index < -0.39 is 0 Å². The number of hydrogen-bond donors (Lipinski definition) is 3. The number of ether oxygens (including phenoxy) is 2. The molecule has 0 radical (unpaired) electrons. The number of para-hydroxylation sites is 1. The summed E-state index contributed by atoms with van der Waals surface area (Å²) in [5, 5.41) is 24.3. The number of aliphatic hydroxyl groups is 1. The molecule has 0 saturated heterocycles. The number of nitroso groups, excluding NO2 is 1. The molecule has 162 valence electrons. The quantitative estimate of drug-likeness (QED) is 0.222. The molecule has 0 aliphatic heterocycles. The van der Waals surface area contributed by atoms with Crippen molar-refractivity contribution in [3.05, 3.63) is 51.8 Å². The summed E-state index contributed by atoms with van der Waals surface area (Å²) in [6.45, 7) is 1.86. The first kappa shape index (κ1) is 21.5. The average molecular weight is 488 g/mol. The first-order valence-electron chi connectivity index (χ1n) is 9.87. The second kappa shape index (κ2) is 9.61. The molecule has 2 heterocycles. The van der Waals surface area contributed by atoms with E-state index in [1.165, 1.54) is 0 Å². The second-order valence-corrected chi connectivity index (χ2v) is 7.86. The van der Waals surface area contributed by atoms with Crippen molar-refractivity contribution in [2.24, 2.45) is 5.18 Å². The van der Waals surface area contributed by atoms with E-state index in [1.54, 1.807) is 0 Å². The predicted molar refractivity (Wildman–Crippen MR) is 123 cm³/mol. The summed E-state index contributed by atoms with van der Waals surface area (Å²) in [6, 6.07) is 13.2. The van der Waals surface area contributed by atoms with Crippen LogP contribution in [0.5, 0.6) is 5.88 Å². The van der Waals surface area contributed by atoms with Gasteiger partial charge in [-0.3, -0.25) is 0 Å². The number of aliphatic hydroxyl groups excluding tert-OH is 1. The van der Waals surface area contributed by atoms with Crippen molar-refractivity contribution in [2.75, 3.05) is 33.0 Å². The zero-order chi connectivity index (χ0) is 21.8. The SMILES string of the molecule is O=Nc1c(-c2c(O)[nH]c3cc(Br)ccc23)n(CCOCCOCCO)c2ccccc12. The standard InChI is InChI=1S/C22H22BrN3O5/c23-14-5-6-15-17(13-14)24-22(28)19(15)21-20(25-29)16-3-1-2-4-18(16)26(21)7-9-30-11-12-31-10-8-27/h1-6,13,24,27-28H,7-12H2. The van der Waals surface area contributed by atoms with Crippen LogP contribution in [0, 0.1) is 4.91 Å². The third-order valence-electron chi connectivity index (χ3n) is 5.08. The van der Waals surface area contributed by atoms with Crippen molar-refractivity contribution in [2.45, 2.75) is 6.54 Å². The van der Waals surface area contributed by atoms with Crippen LogP contribution in [0.25, 0.3) is 33.1 Å². The third-order valence-corrected chi connectivity index (χ3v) is 5.57. The molecule has 0 spiro atoms. The fourth-order valence-corrected chi connectivity index (χ4v) is 4.16. The molecule has 0 amide bonds. The summed E-state index contributed by atoms with van der Waals surface area (Å²) in [5.41, 5.74) is 2.92. The van der Waals surface area contributed by atoms with Gasteiger partial charge in [-0.25, -0.2) is 0 Å². The highest BCUT2D eigenvalue weighted by Crippen LogP contribution is 2.46. The number of hydrogen-bond acceptors (Lipinski definition) is 6. The minimum atomic E-state index is -0.0274. The van der Waals surface area contributed by atoms with Crippen molar-refractivity contribution in [3.63, 3.8) is 0 Å². The molecule has 3 N–H and O–H groups in total. The molecule has 0 fully saturated rings. The summed E-state index contributed by atoms with van der Waals surface area (Å²) in [6.07, 6.45) is 0. The van der Waals surface area contributed by atoms with E-state index in [9.17, 15) is 10.0 Å². The molecule has 4 aromatic rings. The van der Waals surface area contributed by atoms with Gasteiger partial charge in [-0.05, 0) is 23.4 Å². The number of halogens is 1. The molecule has 0 atom stereocenters. The maximum absolute atomic E-state index is 11.9. The van der Waals surface area contributed by atoms with E-state index in [1.807, 2.05) is 47.0 Å². The Balaban J connectivity index is 1.75. The Labute approximate surface area is 186 Å². The van der Waals surface area contributed by atoms with Gasteiger partial charge in [0.1, 0.15) is 5.69 Å². The number of nitrogens with one attached hydrogen (secondary N) is 1. The molecular weight excluding hydrogens is 466 g/mol. The summed E-state index contributed by atoms with van der Waals surface area (Å²) in [4.78, 5) is 14.9. The topological polar surface area (TPSA) is 109 Å². The summed E-state index contributed by atoms with van der Waals surface area (Å²) in [7, 11) is 0. The van der Waals surface area contributed by atoms with Crippen molar-refractivity contribution in [1.29, 1.82) is 0 Å². The fraction of sp³-hybridized carbons (Fsp3) is 0.273. The van der Waals surface area contributed by atoms with Crippen LogP contribution in [-0.2, 0) is 16.0 Å². The predicted octanol–water partition coefficient (Wildman–Crippen LogP) is 4.68. The lowest BCUT2D eigenvalue weighted by atomic mass is 10.1. The number of rotatable bonds is 10. The molecular formula is C22H22BrN3O5. The number of aromatic hydroxyl groups is 1. The maximum Gasteiger partial charge on any atom is 0.199 e. The van der Waals surface area contributed by atoms with Crippen LogP contribution in [0.15, 0.2) is 52.1 Å². The Hall–Kier alpha value is -2.72. The third kappa shape index (κ3) is 4.22. The minimum Gasteiger partial charge on any atom is -0.494 e. The molecule has 0 aliphatic rings. The minimum absolute atomic E-state index is 0.0229. The molecule has 0 saturated carbocycles. The lowest BCUT2D eigenvalue weighted by Gasteiger charge is -2.12. The smallest absolute Gasteiger partial charge is 0.199 e. The molecule has 2 aromatic carbocycles. The normalized spacial score (nSPS) is 11.5. The number of H-pyrrole nitrogens is 1. The Morgan fingerprint density at radius 2 is 1.81 bits per heavy atom. The monoisotopic (exact) mass is 487 g/mol. The second-order valence-electron chi connectivity index (χ2n) is 6.94. The summed E-state index contributed by atoms with van der Waals surface area (Å²) >= 11 is 3.44. The van der Waals surface area contributed by atoms with Gasteiger partial charge < -0.3 is 29.2 Å². The van der Waals surface area contributed by atoms with Crippen LogP contribution in [0.1, 0.15) is 0 Å². The highest BCUT2D eigenvalue weighted by molar-refractivity contribution is 9.10. The number of fused-ring (bicyclic) bond motifs is 2. The fourth-order valence-electron chi connectivity index (χ4n) is 3.80. The van der Waals surface area contributed by atoms with Crippen LogP contribution < -0.4 is 0 Å². The van der Waals surface area contributed by atoms with E-state index >= 15 is 0 Å². The first-order chi connectivity index (χ1) is 15.2. The Morgan fingerprint density at radius 1 is 1.03 bits per heavy atom. The average Bonchev–Trinajstić information content (AvgIpc) is 3.25. The van der Waals surface area contributed by atoms with Gasteiger partial charge in [0.25, 0.3) is 0 Å².